The van der Waals surface area contributed by atoms with E-state index in [1.165, 1.54) is 10.8 Å². The molecule has 0 aliphatic carbocycles. The van der Waals surface area contributed by atoms with E-state index >= 15 is 0 Å². The van der Waals surface area contributed by atoms with Crippen molar-refractivity contribution in [2.75, 3.05) is 25.6 Å². The van der Waals surface area contributed by atoms with Gasteiger partial charge in [0.25, 0.3) is 0 Å². The van der Waals surface area contributed by atoms with Crippen molar-refractivity contribution in [2.45, 2.75) is 6.42 Å². The fourth-order valence-electron chi connectivity index (χ4n) is 2.60. The van der Waals surface area contributed by atoms with E-state index < -0.39 is 0 Å². The van der Waals surface area contributed by atoms with Gasteiger partial charge in [0.1, 0.15) is 11.5 Å². The Morgan fingerprint density at radius 2 is 1.78 bits per heavy atom. The number of ether oxygens (including phenoxy) is 2. The van der Waals surface area contributed by atoms with E-state index in [4.69, 9.17) is 15.2 Å². The van der Waals surface area contributed by atoms with Crippen LogP contribution in [0.15, 0.2) is 71.7 Å². The van der Waals surface area contributed by atoms with Crippen LogP contribution in [0.4, 0.5) is 5.69 Å². The Hall–Kier alpha value is -2.48. The van der Waals surface area contributed by atoms with Gasteiger partial charge in [0, 0.05) is 24.7 Å². The SMILES string of the molecule is COc1cccc(NC(N)=NCCCOc2ccc3ccccc3c2)c1.I. The molecule has 0 aliphatic heterocycles. The van der Waals surface area contributed by atoms with E-state index in [1.54, 1.807) is 7.11 Å². The van der Waals surface area contributed by atoms with Gasteiger partial charge in [0.05, 0.1) is 13.7 Å². The van der Waals surface area contributed by atoms with Crippen LogP contribution in [-0.2, 0) is 0 Å². The van der Waals surface area contributed by atoms with Crippen LogP contribution < -0.4 is 20.5 Å². The molecule has 0 bridgehead atoms. The summed E-state index contributed by atoms with van der Waals surface area (Å²) in [6.45, 7) is 1.19. The number of nitrogens with zero attached hydrogens (tertiary/aromatic N) is 1. The highest BCUT2D eigenvalue weighted by molar-refractivity contribution is 14.0. The van der Waals surface area contributed by atoms with E-state index in [1.807, 2.05) is 42.5 Å². The number of rotatable bonds is 7. The highest BCUT2D eigenvalue weighted by Crippen LogP contribution is 2.20. The van der Waals surface area contributed by atoms with Gasteiger partial charge in [-0.2, -0.15) is 0 Å². The molecule has 0 heterocycles. The van der Waals surface area contributed by atoms with Crippen LogP contribution in [0.2, 0.25) is 0 Å². The fourth-order valence-corrected chi connectivity index (χ4v) is 2.60. The van der Waals surface area contributed by atoms with Crippen LogP contribution in [0.5, 0.6) is 11.5 Å². The van der Waals surface area contributed by atoms with Crippen molar-refractivity contribution in [1.29, 1.82) is 0 Å². The summed E-state index contributed by atoms with van der Waals surface area (Å²) in [5, 5.41) is 5.44. The van der Waals surface area contributed by atoms with Gasteiger partial charge in [-0.3, -0.25) is 4.99 Å². The Kier molecular flexibility index (Phi) is 8.19. The lowest BCUT2D eigenvalue weighted by molar-refractivity contribution is 0.314. The smallest absolute Gasteiger partial charge is 0.193 e. The lowest BCUT2D eigenvalue weighted by atomic mass is 10.1. The molecule has 0 fully saturated rings. The highest BCUT2D eigenvalue weighted by atomic mass is 127. The first-order chi connectivity index (χ1) is 12.7. The maximum Gasteiger partial charge on any atom is 0.193 e. The molecule has 3 aromatic rings. The van der Waals surface area contributed by atoms with Crippen molar-refractivity contribution in [3.63, 3.8) is 0 Å². The molecule has 0 saturated carbocycles. The standard InChI is InChI=1S/C21H23N3O2.HI/c1-25-19-9-4-8-18(15-19)24-21(22)23-12-5-13-26-20-11-10-16-6-2-3-7-17(16)14-20;/h2-4,6-11,14-15H,5,12-13H2,1H3,(H3,22,23,24);1H. The number of halogens is 1. The number of guanidine groups is 1. The molecule has 5 nitrogen and oxygen atoms in total. The van der Waals surface area contributed by atoms with Crippen molar-refractivity contribution in [3.05, 3.63) is 66.7 Å². The third-order valence-electron chi connectivity index (χ3n) is 3.92. The van der Waals surface area contributed by atoms with E-state index in [0.29, 0.717) is 19.1 Å². The summed E-state index contributed by atoms with van der Waals surface area (Å²) in [6, 6.07) is 21.9. The third kappa shape index (κ3) is 6.32. The van der Waals surface area contributed by atoms with Gasteiger partial charge in [-0.25, -0.2) is 0 Å². The molecule has 27 heavy (non-hydrogen) atoms. The molecule has 0 amide bonds. The van der Waals surface area contributed by atoms with E-state index in [2.05, 4.69) is 34.6 Å². The number of hydrogen-bond donors (Lipinski definition) is 2. The van der Waals surface area contributed by atoms with Crippen LogP contribution in [0, 0.1) is 0 Å². The second-order valence-corrected chi connectivity index (χ2v) is 5.83. The molecule has 0 unspecified atom stereocenters. The van der Waals surface area contributed by atoms with Gasteiger partial charge in [-0.15, -0.1) is 24.0 Å². The number of fused-ring (bicyclic) bond motifs is 1. The average Bonchev–Trinajstić information content (AvgIpc) is 2.67. The predicted octanol–water partition coefficient (Wildman–Crippen LogP) is 4.66. The van der Waals surface area contributed by atoms with Crippen LogP contribution >= 0.6 is 24.0 Å². The molecular formula is C21H24IN3O2. The first kappa shape index (κ1) is 20.8. The molecule has 0 radical (unpaired) electrons. The van der Waals surface area contributed by atoms with E-state index in [9.17, 15) is 0 Å². The zero-order valence-electron chi connectivity index (χ0n) is 15.2. The van der Waals surface area contributed by atoms with Crippen molar-refractivity contribution in [3.8, 4) is 11.5 Å². The number of anilines is 1. The zero-order chi connectivity index (χ0) is 18.2. The quantitative estimate of drug-likeness (QED) is 0.225. The third-order valence-corrected chi connectivity index (χ3v) is 3.92. The molecule has 0 aliphatic rings. The number of hydrogen-bond acceptors (Lipinski definition) is 3. The van der Waals surface area contributed by atoms with Crippen LogP contribution in [0.25, 0.3) is 10.8 Å². The van der Waals surface area contributed by atoms with Gasteiger partial charge in [-0.1, -0.05) is 36.4 Å². The summed E-state index contributed by atoms with van der Waals surface area (Å²) in [6.07, 6.45) is 0.785. The van der Waals surface area contributed by atoms with Gasteiger partial charge in [-0.05, 0) is 35.0 Å². The molecule has 0 spiro atoms. The summed E-state index contributed by atoms with van der Waals surface area (Å²) >= 11 is 0. The molecule has 142 valence electrons. The molecule has 0 saturated heterocycles. The fraction of sp³-hybridized carbons (Fsp3) is 0.190. The number of aliphatic imine (C=N–C) groups is 1. The first-order valence-corrected chi connectivity index (χ1v) is 8.57. The maximum atomic E-state index is 5.91. The molecule has 3 N–H and O–H groups in total. The Labute approximate surface area is 176 Å². The van der Waals surface area contributed by atoms with E-state index in [-0.39, 0.29) is 24.0 Å². The van der Waals surface area contributed by atoms with Crippen LogP contribution in [0.3, 0.4) is 0 Å². The highest BCUT2D eigenvalue weighted by Gasteiger charge is 1.99. The monoisotopic (exact) mass is 477 g/mol. The van der Waals surface area contributed by atoms with Gasteiger partial charge in [0.2, 0.25) is 0 Å². The minimum absolute atomic E-state index is 0. The Bertz CT molecular complexity index is 899. The molecule has 0 aromatic heterocycles. The van der Waals surface area contributed by atoms with Crippen LogP contribution in [0.1, 0.15) is 6.42 Å². The molecule has 6 heteroatoms. The van der Waals surface area contributed by atoms with E-state index in [0.717, 1.165) is 23.6 Å². The minimum Gasteiger partial charge on any atom is -0.497 e. The maximum absolute atomic E-state index is 5.91. The topological polar surface area (TPSA) is 68.9 Å². The lowest BCUT2D eigenvalue weighted by Gasteiger charge is -2.08. The van der Waals surface area contributed by atoms with Crippen molar-refractivity contribution in [1.82, 2.24) is 0 Å². The molecule has 3 aromatic carbocycles. The van der Waals surface area contributed by atoms with Gasteiger partial charge in [0.15, 0.2) is 5.96 Å². The average molecular weight is 477 g/mol. The summed E-state index contributed by atoms with van der Waals surface area (Å²) in [4.78, 5) is 4.32. The number of nitrogens with two attached hydrogens (primary N) is 1. The van der Waals surface area contributed by atoms with Crippen molar-refractivity contribution in [2.24, 2.45) is 10.7 Å². The first-order valence-electron chi connectivity index (χ1n) is 8.57. The summed E-state index contributed by atoms with van der Waals surface area (Å²) in [5.74, 6) is 2.02. The number of nitrogens with one attached hydrogen (secondary N) is 1. The molecule has 0 atom stereocenters. The Morgan fingerprint density at radius 3 is 2.59 bits per heavy atom. The Morgan fingerprint density at radius 1 is 0.963 bits per heavy atom. The number of methoxy groups -OCH3 is 1. The second kappa shape index (κ2) is 10.6. The molecule has 3 rings (SSSR count). The normalized spacial score (nSPS) is 10.9. The predicted molar refractivity (Wildman–Crippen MR) is 123 cm³/mol. The number of benzene rings is 3. The largest absolute Gasteiger partial charge is 0.497 e. The Balaban J connectivity index is 0.00000261. The zero-order valence-corrected chi connectivity index (χ0v) is 17.6. The summed E-state index contributed by atoms with van der Waals surface area (Å²) in [5.41, 5.74) is 6.76. The van der Waals surface area contributed by atoms with Gasteiger partial charge < -0.3 is 20.5 Å². The van der Waals surface area contributed by atoms with Crippen molar-refractivity contribution >= 4 is 46.4 Å². The second-order valence-electron chi connectivity index (χ2n) is 5.83. The summed E-state index contributed by atoms with van der Waals surface area (Å²) < 4.78 is 11.0. The summed E-state index contributed by atoms with van der Waals surface area (Å²) in [7, 11) is 1.63. The van der Waals surface area contributed by atoms with Crippen molar-refractivity contribution < 1.29 is 9.47 Å². The molecular weight excluding hydrogens is 453 g/mol. The van der Waals surface area contributed by atoms with Crippen LogP contribution in [-0.4, -0.2) is 26.2 Å². The minimum atomic E-state index is 0. The lowest BCUT2D eigenvalue weighted by Crippen LogP contribution is -2.23. The van der Waals surface area contributed by atoms with Gasteiger partial charge >= 0.3 is 0 Å².